The number of likely N-dealkylation sites (N-methyl/N-ethyl adjacent to an activating group) is 1. The van der Waals surface area contributed by atoms with Crippen LogP contribution in [0.2, 0.25) is 0 Å². The van der Waals surface area contributed by atoms with E-state index in [2.05, 4.69) is 5.32 Å². The van der Waals surface area contributed by atoms with E-state index in [9.17, 15) is 17.6 Å². The van der Waals surface area contributed by atoms with Crippen LogP contribution >= 0.6 is 0 Å². The Labute approximate surface area is 181 Å². The molecule has 0 aliphatic heterocycles. The first-order valence-corrected chi connectivity index (χ1v) is 11.0. The highest BCUT2D eigenvalue weighted by atomic mass is 32.2. The molecule has 31 heavy (non-hydrogen) atoms. The van der Waals surface area contributed by atoms with Gasteiger partial charge in [-0.25, -0.2) is 12.8 Å². The number of sulfonamides is 1. The summed E-state index contributed by atoms with van der Waals surface area (Å²) in [7, 11) is -2.35. The molecule has 6 nitrogen and oxygen atoms in total. The Hall–Kier alpha value is -3.23. The minimum Gasteiger partial charge on any atom is -0.489 e. The molecule has 0 radical (unpaired) electrons. The highest BCUT2D eigenvalue weighted by Crippen LogP contribution is 2.15. The maximum Gasteiger partial charge on any atom is 0.243 e. The number of carbonyl (C=O) groups is 1. The van der Waals surface area contributed by atoms with Gasteiger partial charge < -0.3 is 10.1 Å². The summed E-state index contributed by atoms with van der Waals surface area (Å²) < 4.78 is 44.6. The largest absolute Gasteiger partial charge is 0.489 e. The van der Waals surface area contributed by atoms with Crippen LogP contribution in [-0.4, -0.2) is 32.2 Å². The molecule has 3 aromatic rings. The minimum atomic E-state index is -3.72. The predicted molar refractivity (Wildman–Crippen MR) is 115 cm³/mol. The maximum absolute atomic E-state index is 12.9. The zero-order valence-electron chi connectivity index (χ0n) is 17.0. The zero-order valence-corrected chi connectivity index (χ0v) is 17.8. The van der Waals surface area contributed by atoms with E-state index in [1.165, 1.54) is 31.3 Å². The first-order valence-electron chi connectivity index (χ1n) is 9.59. The van der Waals surface area contributed by atoms with Crippen LogP contribution in [0.5, 0.6) is 5.75 Å². The van der Waals surface area contributed by atoms with E-state index in [0.717, 1.165) is 15.4 Å². The molecule has 0 spiro atoms. The quantitative estimate of drug-likeness (QED) is 0.552. The molecule has 0 aliphatic rings. The molecule has 0 atom stereocenters. The minimum absolute atomic E-state index is 0.140. The molecule has 0 fully saturated rings. The monoisotopic (exact) mass is 442 g/mol. The first kappa shape index (κ1) is 22.5. The van der Waals surface area contributed by atoms with Crippen LogP contribution in [0.4, 0.5) is 4.39 Å². The number of hydrogen-bond acceptors (Lipinski definition) is 4. The number of ether oxygens (including phenoxy) is 1. The van der Waals surface area contributed by atoms with Gasteiger partial charge in [-0.2, -0.15) is 4.31 Å². The molecule has 8 heteroatoms. The molecule has 0 saturated heterocycles. The summed E-state index contributed by atoms with van der Waals surface area (Å²) in [4.78, 5) is 12.3. The van der Waals surface area contributed by atoms with Crippen molar-refractivity contribution in [3.8, 4) is 5.75 Å². The van der Waals surface area contributed by atoms with Crippen molar-refractivity contribution in [1.29, 1.82) is 0 Å². The van der Waals surface area contributed by atoms with Gasteiger partial charge in [0, 0.05) is 13.6 Å². The van der Waals surface area contributed by atoms with Crippen LogP contribution in [0.1, 0.15) is 11.1 Å². The Morgan fingerprint density at radius 1 is 0.935 bits per heavy atom. The number of hydrogen-bond donors (Lipinski definition) is 1. The van der Waals surface area contributed by atoms with Crippen LogP contribution in [0.15, 0.2) is 83.8 Å². The lowest BCUT2D eigenvalue weighted by atomic mass is 10.2. The number of rotatable bonds is 9. The summed E-state index contributed by atoms with van der Waals surface area (Å²) in [5.41, 5.74) is 1.70. The van der Waals surface area contributed by atoms with Gasteiger partial charge in [0.1, 0.15) is 18.2 Å². The van der Waals surface area contributed by atoms with Crippen LogP contribution in [0.25, 0.3) is 0 Å². The van der Waals surface area contributed by atoms with Gasteiger partial charge in [-0.1, -0.05) is 42.5 Å². The second-order valence-electron chi connectivity index (χ2n) is 6.91. The number of amides is 1. The van der Waals surface area contributed by atoms with Crippen molar-refractivity contribution < 1.29 is 22.3 Å². The molecule has 0 heterocycles. The normalized spacial score (nSPS) is 11.3. The van der Waals surface area contributed by atoms with Gasteiger partial charge in [0.2, 0.25) is 15.9 Å². The summed E-state index contributed by atoms with van der Waals surface area (Å²) in [5.74, 6) is -0.0502. The molecule has 1 amide bonds. The fourth-order valence-corrected chi connectivity index (χ4v) is 3.92. The van der Waals surface area contributed by atoms with E-state index >= 15 is 0 Å². The molecule has 0 aliphatic carbocycles. The maximum atomic E-state index is 12.9. The van der Waals surface area contributed by atoms with E-state index in [1.807, 2.05) is 12.1 Å². The third-order valence-electron chi connectivity index (χ3n) is 4.55. The Morgan fingerprint density at radius 2 is 1.55 bits per heavy atom. The molecule has 0 saturated carbocycles. The topological polar surface area (TPSA) is 75.7 Å². The Morgan fingerprint density at radius 3 is 2.19 bits per heavy atom. The van der Waals surface area contributed by atoms with Crippen LogP contribution < -0.4 is 10.1 Å². The Kier molecular flexibility index (Phi) is 7.38. The highest BCUT2D eigenvalue weighted by Gasteiger charge is 2.22. The molecule has 1 N–H and O–H groups in total. The fraction of sp³-hybridized carbons (Fsp3) is 0.174. The number of benzene rings is 3. The Bertz CT molecular complexity index is 1100. The lowest BCUT2D eigenvalue weighted by Crippen LogP contribution is -2.38. The van der Waals surface area contributed by atoms with Crippen molar-refractivity contribution >= 4 is 15.9 Å². The number of nitrogens with one attached hydrogen (secondary N) is 1. The average molecular weight is 443 g/mol. The molecule has 0 bridgehead atoms. The number of carbonyl (C=O) groups excluding carboxylic acids is 1. The van der Waals surface area contributed by atoms with E-state index in [1.54, 1.807) is 42.5 Å². The second-order valence-corrected chi connectivity index (χ2v) is 8.95. The molecule has 3 aromatic carbocycles. The number of halogens is 1. The van der Waals surface area contributed by atoms with Crippen molar-refractivity contribution in [3.63, 3.8) is 0 Å². The van der Waals surface area contributed by atoms with E-state index in [0.29, 0.717) is 12.4 Å². The summed E-state index contributed by atoms with van der Waals surface area (Å²) in [6.07, 6.45) is 0. The SMILES string of the molecule is CN(CC(=O)NCc1ccc(OCc2ccc(F)cc2)cc1)S(=O)(=O)c1ccccc1. The van der Waals surface area contributed by atoms with Gasteiger partial charge in [-0.05, 0) is 47.5 Å². The van der Waals surface area contributed by atoms with Gasteiger partial charge >= 0.3 is 0 Å². The van der Waals surface area contributed by atoms with Gasteiger partial charge in [-0.3, -0.25) is 4.79 Å². The summed E-state index contributed by atoms with van der Waals surface area (Å²) >= 11 is 0. The molecule has 162 valence electrons. The molecular formula is C23H23FN2O4S. The predicted octanol–water partition coefficient (Wildman–Crippen LogP) is 3.34. The summed E-state index contributed by atoms with van der Waals surface area (Å²) in [6, 6.07) is 21.2. The number of nitrogens with zero attached hydrogens (tertiary/aromatic N) is 1. The molecule has 3 rings (SSSR count). The van der Waals surface area contributed by atoms with E-state index in [4.69, 9.17) is 4.74 Å². The van der Waals surface area contributed by atoms with Crippen LogP contribution in [-0.2, 0) is 28.0 Å². The van der Waals surface area contributed by atoms with Crippen LogP contribution in [0.3, 0.4) is 0 Å². The lowest BCUT2D eigenvalue weighted by molar-refractivity contribution is -0.121. The van der Waals surface area contributed by atoms with Crippen molar-refractivity contribution in [2.24, 2.45) is 0 Å². The van der Waals surface area contributed by atoms with E-state index in [-0.39, 0.29) is 23.8 Å². The smallest absolute Gasteiger partial charge is 0.243 e. The van der Waals surface area contributed by atoms with Gasteiger partial charge in [0.05, 0.1) is 11.4 Å². The highest BCUT2D eigenvalue weighted by molar-refractivity contribution is 7.89. The van der Waals surface area contributed by atoms with Crippen LogP contribution in [0, 0.1) is 5.82 Å². The fourth-order valence-electron chi connectivity index (χ4n) is 2.77. The van der Waals surface area contributed by atoms with Gasteiger partial charge in [0.25, 0.3) is 0 Å². The second kappa shape index (κ2) is 10.2. The summed E-state index contributed by atoms with van der Waals surface area (Å²) in [6.45, 7) is 0.297. The molecule has 0 aromatic heterocycles. The van der Waals surface area contributed by atoms with Crippen molar-refractivity contribution in [2.45, 2.75) is 18.0 Å². The third-order valence-corrected chi connectivity index (χ3v) is 6.37. The summed E-state index contributed by atoms with van der Waals surface area (Å²) in [5, 5.41) is 2.71. The average Bonchev–Trinajstić information content (AvgIpc) is 2.78. The van der Waals surface area contributed by atoms with Gasteiger partial charge in [-0.15, -0.1) is 0 Å². The molecule has 0 unspecified atom stereocenters. The van der Waals surface area contributed by atoms with E-state index < -0.39 is 15.9 Å². The van der Waals surface area contributed by atoms with Crippen molar-refractivity contribution in [3.05, 3.63) is 95.8 Å². The first-order chi connectivity index (χ1) is 14.8. The lowest BCUT2D eigenvalue weighted by Gasteiger charge is -2.17. The Balaban J connectivity index is 1.47. The zero-order chi connectivity index (χ0) is 22.3. The molecular weight excluding hydrogens is 419 g/mol. The van der Waals surface area contributed by atoms with Crippen molar-refractivity contribution in [1.82, 2.24) is 9.62 Å². The third kappa shape index (κ3) is 6.37. The van der Waals surface area contributed by atoms with Gasteiger partial charge in [0.15, 0.2) is 0 Å². The standard InChI is InChI=1S/C23H23FN2O4S/c1-26(31(28,29)22-5-3-2-4-6-22)16-23(27)25-15-18-9-13-21(14-10-18)30-17-19-7-11-20(24)12-8-19/h2-14H,15-17H2,1H3,(H,25,27). The van der Waals surface area contributed by atoms with Crippen molar-refractivity contribution in [2.75, 3.05) is 13.6 Å².